The minimum Gasteiger partial charge on any atom is -0.456 e. The molecule has 0 bridgehead atoms. The first-order valence-electron chi connectivity index (χ1n) is 19.9. The number of hydrogen-bond donors (Lipinski definition) is 0. The Morgan fingerprint density at radius 1 is 0.500 bits per heavy atom. The molecule has 276 valence electrons. The standard InChI is InChI=1S/C53H47NO2/c1-51(2,3)33-30-38-49-43(25-16-28-46(49)56-50(38)41(31-33)52(4,5)6)54(42-24-15-23-40-48(42)36-19-9-11-22-39(36)53(40,7)8)34-18-13-17-32(29-34)35-21-14-27-45-47(35)37-20-10-12-26-44(37)55-45/h9-31H,1-8H3. The van der Waals surface area contributed by atoms with Gasteiger partial charge in [-0.25, -0.2) is 0 Å². The highest BCUT2D eigenvalue weighted by molar-refractivity contribution is 6.16. The molecule has 3 heteroatoms. The Balaban J connectivity index is 1.30. The maximum Gasteiger partial charge on any atom is 0.139 e. The summed E-state index contributed by atoms with van der Waals surface area (Å²) in [5, 5.41) is 4.53. The average molecular weight is 730 g/mol. The topological polar surface area (TPSA) is 29.5 Å². The van der Waals surface area contributed by atoms with E-state index in [-0.39, 0.29) is 16.2 Å². The molecule has 10 rings (SSSR count). The molecule has 0 unspecified atom stereocenters. The van der Waals surface area contributed by atoms with E-state index in [1.165, 1.54) is 33.4 Å². The molecule has 0 N–H and O–H groups in total. The van der Waals surface area contributed by atoms with Crippen LogP contribution in [0.2, 0.25) is 0 Å². The summed E-state index contributed by atoms with van der Waals surface area (Å²) >= 11 is 0. The zero-order chi connectivity index (χ0) is 38.7. The molecular formula is C53H47NO2. The summed E-state index contributed by atoms with van der Waals surface area (Å²) in [5.74, 6) is 0. The lowest BCUT2D eigenvalue weighted by Gasteiger charge is -2.30. The third-order valence-electron chi connectivity index (χ3n) is 12.1. The molecule has 56 heavy (non-hydrogen) atoms. The number of anilines is 3. The van der Waals surface area contributed by atoms with Crippen LogP contribution in [-0.4, -0.2) is 0 Å². The highest BCUT2D eigenvalue weighted by Gasteiger charge is 2.38. The van der Waals surface area contributed by atoms with Crippen molar-refractivity contribution in [2.75, 3.05) is 4.90 Å². The van der Waals surface area contributed by atoms with Crippen LogP contribution in [0.3, 0.4) is 0 Å². The molecule has 0 fully saturated rings. The molecule has 0 aliphatic heterocycles. The van der Waals surface area contributed by atoms with Crippen LogP contribution in [0.15, 0.2) is 148 Å². The van der Waals surface area contributed by atoms with Crippen molar-refractivity contribution >= 4 is 60.9 Å². The molecule has 0 atom stereocenters. The second-order valence-corrected chi connectivity index (χ2v) is 18.2. The van der Waals surface area contributed by atoms with Gasteiger partial charge in [-0.2, -0.15) is 0 Å². The van der Waals surface area contributed by atoms with Gasteiger partial charge in [0.15, 0.2) is 0 Å². The summed E-state index contributed by atoms with van der Waals surface area (Å²) in [6, 6.07) is 50.9. The third kappa shape index (κ3) is 5.10. The van der Waals surface area contributed by atoms with Crippen LogP contribution in [0.25, 0.3) is 66.1 Å². The first-order valence-corrected chi connectivity index (χ1v) is 19.9. The van der Waals surface area contributed by atoms with Crippen LogP contribution in [-0.2, 0) is 16.2 Å². The zero-order valence-corrected chi connectivity index (χ0v) is 33.5. The van der Waals surface area contributed by atoms with Crippen LogP contribution in [0.4, 0.5) is 17.1 Å². The van der Waals surface area contributed by atoms with E-state index in [1.807, 2.05) is 6.07 Å². The number of nitrogens with zero attached hydrogens (tertiary/aromatic N) is 1. The van der Waals surface area contributed by atoms with Gasteiger partial charge >= 0.3 is 0 Å². The lowest BCUT2D eigenvalue weighted by Crippen LogP contribution is -2.16. The summed E-state index contributed by atoms with van der Waals surface area (Å²) in [7, 11) is 0. The lowest BCUT2D eigenvalue weighted by atomic mass is 9.79. The SMILES string of the molecule is CC(C)(C)c1cc(C(C)(C)C)c2oc3cccc(N(c4cccc(-c5cccc6oc7ccccc7c56)c4)c4cccc5c4-c4ccccc4C5(C)C)c3c2c1. The molecule has 1 aliphatic carbocycles. The maximum absolute atomic E-state index is 6.96. The van der Waals surface area contributed by atoms with Crippen LogP contribution in [0.1, 0.15) is 77.6 Å². The molecule has 2 heterocycles. The van der Waals surface area contributed by atoms with Gasteiger partial charge in [0.1, 0.15) is 22.3 Å². The fourth-order valence-corrected chi connectivity index (χ4v) is 9.24. The van der Waals surface area contributed by atoms with E-state index in [1.54, 1.807) is 0 Å². The minimum atomic E-state index is -0.148. The normalized spacial score (nSPS) is 13.9. The molecule has 0 saturated heterocycles. The van der Waals surface area contributed by atoms with Crippen molar-refractivity contribution in [1.29, 1.82) is 0 Å². The smallest absolute Gasteiger partial charge is 0.139 e. The Morgan fingerprint density at radius 3 is 1.95 bits per heavy atom. The van der Waals surface area contributed by atoms with Gasteiger partial charge in [-0.3, -0.25) is 0 Å². The molecule has 3 nitrogen and oxygen atoms in total. The fourth-order valence-electron chi connectivity index (χ4n) is 9.24. The van der Waals surface area contributed by atoms with Crippen LogP contribution < -0.4 is 4.90 Å². The average Bonchev–Trinajstić information content (AvgIpc) is 3.82. The second-order valence-electron chi connectivity index (χ2n) is 18.2. The Bertz CT molecular complexity index is 3030. The van der Waals surface area contributed by atoms with Gasteiger partial charge < -0.3 is 13.7 Å². The van der Waals surface area contributed by atoms with Gasteiger partial charge in [0.25, 0.3) is 0 Å². The number of rotatable bonds is 4. The number of furan rings is 2. The predicted octanol–water partition coefficient (Wildman–Crippen LogP) is 15.5. The fraction of sp³-hybridized carbons (Fsp3) is 0.208. The van der Waals surface area contributed by atoms with Crippen molar-refractivity contribution in [2.24, 2.45) is 0 Å². The molecule has 0 radical (unpaired) electrons. The first kappa shape index (κ1) is 34.4. The van der Waals surface area contributed by atoms with Gasteiger partial charge in [-0.05, 0) is 92.7 Å². The summed E-state index contributed by atoms with van der Waals surface area (Å²) in [5.41, 5.74) is 16.7. The highest BCUT2D eigenvalue weighted by atomic mass is 16.3. The van der Waals surface area contributed by atoms with E-state index in [4.69, 9.17) is 8.83 Å². The van der Waals surface area contributed by atoms with Crippen LogP contribution >= 0.6 is 0 Å². The first-order chi connectivity index (χ1) is 26.8. The van der Waals surface area contributed by atoms with Gasteiger partial charge in [0.05, 0.1) is 16.8 Å². The molecule has 9 aromatic rings. The van der Waals surface area contributed by atoms with E-state index in [2.05, 4.69) is 194 Å². The molecule has 2 aromatic heterocycles. The largest absolute Gasteiger partial charge is 0.456 e. The Hall–Kier alpha value is -6.06. The lowest BCUT2D eigenvalue weighted by molar-refractivity contribution is 0.559. The van der Waals surface area contributed by atoms with E-state index in [0.29, 0.717) is 0 Å². The number of hydrogen-bond acceptors (Lipinski definition) is 3. The van der Waals surface area contributed by atoms with Crippen molar-refractivity contribution in [1.82, 2.24) is 0 Å². The van der Waals surface area contributed by atoms with Crippen molar-refractivity contribution in [3.8, 4) is 22.3 Å². The zero-order valence-electron chi connectivity index (χ0n) is 33.5. The van der Waals surface area contributed by atoms with Crippen molar-refractivity contribution in [3.63, 3.8) is 0 Å². The van der Waals surface area contributed by atoms with Gasteiger partial charge in [0.2, 0.25) is 0 Å². The quantitative estimate of drug-likeness (QED) is 0.181. The molecule has 0 amide bonds. The molecule has 0 saturated carbocycles. The van der Waals surface area contributed by atoms with E-state index >= 15 is 0 Å². The summed E-state index contributed by atoms with van der Waals surface area (Å²) in [6.45, 7) is 18.5. The highest BCUT2D eigenvalue weighted by Crippen LogP contribution is 2.55. The second kappa shape index (κ2) is 12.0. The van der Waals surface area contributed by atoms with E-state index in [9.17, 15) is 0 Å². The van der Waals surface area contributed by atoms with Crippen molar-refractivity contribution in [3.05, 3.63) is 162 Å². The minimum absolute atomic E-state index is 0.0471. The Kier molecular flexibility index (Phi) is 7.36. The molecule has 0 spiro atoms. The molecular weight excluding hydrogens is 683 g/mol. The predicted molar refractivity (Wildman–Crippen MR) is 236 cm³/mol. The Morgan fingerprint density at radius 2 is 1.14 bits per heavy atom. The van der Waals surface area contributed by atoms with E-state index in [0.717, 1.165) is 72.1 Å². The van der Waals surface area contributed by atoms with Gasteiger partial charge in [0, 0.05) is 38.4 Å². The van der Waals surface area contributed by atoms with Crippen LogP contribution in [0.5, 0.6) is 0 Å². The number of fused-ring (bicyclic) bond motifs is 9. The van der Waals surface area contributed by atoms with Gasteiger partial charge in [-0.15, -0.1) is 0 Å². The van der Waals surface area contributed by atoms with E-state index < -0.39 is 0 Å². The van der Waals surface area contributed by atoms with Crippen molar-refractivity contribution < 1.29 is 8.83 Å². The molecule has 1 aliphatic rings. The summed E-state index contributed by atoms with van der Waals surface area (Å²) in [6.07, 6.45) is 0. The maximum atomic E-state index is 6.96. The van der Waals surface area contributed by atoms with Crippen molar-refractivity contribution in [2.45, 2.75) is 71.6 Å². The third-order valence-corrected chi connectivity index (χ3v) is 12.1. The Labute approximate surface area is 329 Å². The number of para-hydroxylation sites is 1. The monoisotopic (exact) mass is 729 g/mol. The summed E-state index contributed by atoms with van der Waals surface area (Å²) in [4.78, 5) is 2.49. The van der Waals surface area contributed by atoms with Crippen LogP contribution in [0, 0.1) is 0 Å². The number of benzene rings is 7. The summed E-state index contributed by atoms with van der Waals surface area (Å²) < 4.78 is 13.3. The molecule has 7 aromatic carbocycles. The van der Waals surface area contributed by atoms with Gasteiger partial charge in [-0.1, -0.05) is 146 Å².